The summed E-state index contributed by atoms with van der Waals surface area (Å²) in [6, 6.07) is 8.88. The van der Waals surface area contributed by atoms with Gasteiger partial charge in [0.05, 0.1) is 6.10 Å². The molecule has 2 aliphatic rings. The third-order valence-electron chi connectivity index (χ3n) is 6.06. The largest absolute Gasteiger partial charge is 0.377 e. The van der Waals surface area contributed by atoms with Crippen LogP contribution in [0, 0.1) is 5.41 Å². The number of piperidine rings is 1. The van der Waals surface area contributed by atoms with Crippen LogP contribution < -0.4 is 5.32 Å². The van der Waals surface area contributed by atoms with Crippen LogP contribution in [0.25, 0.3) is 0 Å². The van der Waals surface area contributed by atoms with E-state index in [1.165, 1.54) is 11.1 Å². The second-order valence-corrected chi connectivity index (χ2v) is 9.29. The van der Waals surface area contributed by atoms with Crippen molar-refractivity contribution in [3.05, 3.63) is 35.4 Å². The molecule has 0 bridgehead atoms. The predicted molar refractivity (Wildman–Crippen MR) is 113 cm³/mol. The van der Waals surface area contributed by atoms with E-state index in [9.17, 15) is 4.79 Å². The Morgan fingerprint density at radius 2 is 2.00 bits per heavy atom. The van der Waals surface area contributed by atoms with Crippen molar-refractivity contribution in [3.8, 4) is 0 Å². The molecule has 1 saturated heterocycles. The summed E-state index contributed by atoms with van der Waals surface area (Å²) in [4.78, 5) is 17.4. The van der Waals surface area contributed by atoms with Crippen molar-refractivity contribution in [2.45, 2.75) is 65.6 Å². The number of fused-ring (bicyclic) bond motifs is 1. The number of likely N-dealkylation sites (tertiary alicyclic amines) is 1. The Labute approximate surface area is 170 Å². The van der Waals surface area contributed by atoms with Gasteiger partial charge in [-0.2, -0.15) is 0 Å². The van der Waals surface area contributed by atoms with Gasteiger partial charge in [-0.15, -0.1) is 0 Å². The summed E-state index contributed by atoms with van der Waals surface area (Å²) in [5.41, 5.74) is 2.88. The van der Waals surface area contributed by atoms with Crippen molar-refractivity contribution in [2.75, 3.05) is 32.8 Å². The van der Waals surface area contributed by atoms with E-state index < -0.39 is 0 Å². The maximum Gasteiger partial charge on any atom is 0.317 e. The van der Waals surface area contributed by atoms with Crippen LogP contribution in [0.2, 0.25) is 0 Å². The number of ether oxygens (including phenoxy) is 1. The molecule has 0 radical (unpaired) electrons. The molecule has 0 saturated carbocycles. The highest BCUT2D eigenvalue weighted by atomic mass is 16.5. The molecule has 5 nitrogen and oxygen atoms in total. The number of nitrogens with zero attached hydrogens (tertiary/aromatic N) is 2. The number of carbonyl (C=O) groups is 1. The monoisotopic (exact) mass is 387 g/mol. The van der Waals surface area contributed by atoms with E-state index in [0.29, 0.717) is 13.2 Å². The minimum Gasteiger partial charge on any atom is -0.377 e. The summed E-state index contributed by atoms with van der Waals surface area (Å²) in [6.07, 6.45) is 3.33. The number of urea groups is 1. The number of nitrogens with one attached hydrogen (secondary N) is 1. The quantitative estimate of drug-likeness (QED) is 0.838. The van der Waals surface area contributed by atoms with Gasteiger partial charge in [0.25, 0.3) is 0 Å². The van der Waals surface area contributed by atoms with Gasteiger partial charge < -0.3 is 15.0 Å². The van der Waals surface area contributed by atoms with E-state index in [0.717, 1.165) is 45.4 Å². The second kappa shape index (κ2) is 9.27. The average molecular weight is 388 g/mol. The fourth-order valence-corrected chi connectivity index (χ4v) is 4.24. The molecule has 2 amide bonds. The summed E-state index contributed by atoms with van der Waals surface area (Å²) in [5, 5.41) is 3.35. The minimum absolute atomic E-state index is 0.00172. The summed E-state index contributed by atoms with van der Waals surface area (Å²) in [6.45, 7) is 13.8. The lowest BCUT2D eigenvalue weighted by Crippen LogP contribution is -2.56. The van der Waals surface area contributed by atoms with Gasteiger partial charge in [0, 0.05) is 45.4 Å². The van der Waals surface area contributed by atoms with Gasteiger partial charge in [0.2, 0.25) is 0 Å². The zero-order valence-corrected chi connectivity index (χ0v) is 18.0. The van der Waals surface area contributed by atoms with Crippen LogP contribution in [0.15, 0.2) is 24.3 Å². The molecule has 1 fully saturated rings. The van der Waals surface area contributed by atoms with Gasteiger partial charge in [-0.05, 0) is 42.7 Å². The van der Waals surface area contributed by atoms with Crippen LogP contribution in [0.5, 0.6) is 0 Å². The third-order valence-corrected chi connectivity index (χ3v) is 6.06. The van der Waals surface area contributed by atoms with Crippen molar-refractivity contribution in [1.82, 2.24) is 15.1 Å². The van der Waals surface area contributed by atoms with E-state index in [-0.39, 0.29) is 23.6 Å². The Hall–Kier alpha value is -1.59. The van der Waals surface area contributed by atoms with Gasteiger partial charge in [-0.25, -0.2) is 4.79 Å². The highest BCUT2D eigenvalue weighted by Crippen LogP contribution is 2.24. The molecule has 156 valence electrons. The Balaban J connectivity index is 1.61. The molecule has 0 unspecified atom stereocenters. The van der Waals surface area contributed by atoms with Crippen LogP contribution in [0.1, 0.15) is 51.7 Å². The molecule has 1 N–H and O–H groups in total. The lowest BCUT2D eigenvalue weighted by Gasteiger charge is -2.40. The molecule has 1 aromatic carbocycles. The van der Waals surface area contributed by atoms with E-state index in [1.807, 2.05) is 11.8 Å². The Kier molecular flexibility index (Phi) is 7.00. The maximum atomic E-state index is 13.0. The number of benzene rings is 1. The van der Waals surface area contributed by atoms with Crippen LogP contribution in [-0.4, -0.2) is 60.8 Å². The predicted octanol–water partition coefficient (Wildman–Crippen LogP) is 3.67. The van der Waals surface area contributed by atoms with Crippen LogP contribution in [-0.2, 0) is 17.7 Å². The maximum absolute atomic E-state index is 13.0. The van der Waals surface area contributed by atoms with Crippen molar-refractivity contribution >= 4 is 6.03 Å². The molecular weight excluding hydrogens is 350 g/mol. The fraction of sp³-hybridized carbons (Fsp3) is 0.696. The second-order valence-electron chi connectivity index (χ2n) is 9.29. The molecule has 3 rings (SSSR count). The number of hydrogen-bond donors (Lipinski definition) is 1. The van der Waals surface area contributed by atoms with E-state index in [2.05, 4.69) is 55.3 Å². The first-order valence-electron chi connectivity index (χ1n) is 10.8. The van der Waals surface area contributed by atoms with Gasteiger partial charge in [0.15, 0.2) is 0 Å². The number of amides is 2. The minimum atomic E-state index is 0.00172. The van der Waals surface area contributed by atoms with Crippen molar-refractivity contribution < 1.29 is 9.53 Å². The fourth-order valence-electron chi connectivity index (χ4n) is 4.24. The van der Waals surface area contributed by atoms with Gasteiger partial charge in [0.1, 0.15) is 0 Å². The molecule has 0 spiro atoms. The SMILES string of the molecule is CCO[C@H]1CCCN(C(=O)N[C@@H](CN2CCc3ccccc3C2)C(C)(C)C)C1. The molecule has 0 aromatic heterocycles. The van der Waals surface area contributed by atoms with Crippen LogP contribution >= 0.6 is 0 Å². The van der Waals surface area contributed by atoms with Gasteiger partial charge >= 0.3 is 6.03 Å². The first-order valence-corrected chi connectivity index (χ1v) is 10.8. The zero-order valence-electron chi connectivity index (χ0n) is 18.0. The molecule has 1 aromatic rings. The van der Waals surface area contributed by atoms with Gasteiger partial charge in [-0.1, -0.05) is 45.0 Å². The van der Waals surface area contributed by atoms with E-state index >= 15 is 0 Å². The molecule has 28 heavy (non-hydrogen) atoms. The molecule has 0 aliphatic carbocycles. The number of hydrogen-bond acceptors (Lipinski definition) is 3. The summed E-state index contributed by atoms with van der Waals surface area (Å²) in [5.74, 6) is 0. The highest BCUT2D eigenvalue weighted by Gasteiger charge is 2.32. The molecule has 2 atom stereocenters. The normalized spacial score (nSPS) is 21.9. The van der Waals surface area contributed by atoms with Crippen molar-refractivity contribution in [3.63, 3.8) is 0 Å². The average Bonchev–Trinajstić information content (AvgIpc) is 2.67. The lowest BCUT2D eigenvalue weighted by atomic mass is 9.86. The Morgan fingerprint density at radius 1 is 1.25 bits per heavy atom. The lowest BCUT2D eigenvalue weighted by molar-refractivity contribution is 0.0152. The first kappa shape index (κ1) is 21.1. The molecule has 5 heteroatoms. The van der Waals surface area contributed by atoms with Crippen LogP contribution in [0.4, 0.5) is 4.79 Å². The number of rotatable bonds is 5. The summed E-state index contributed by atoms with van der Waals surface area (Å²) >= 11 is 0. The Morgan fingerprint density at radius 3 is 2.71 bits per heavy atom. The molecule has 2 aliphatic heterocycles. The summed E-state index contributed by atoms with van der Waals surface area (Å²) < 4.78 is 5.76. The third kappa shape index (κ3) is 5.48. The van der Waals surface area contributed by atoms with Crippen LogP contribution in [0.3, 0.4) is 0 Å². The topological polar surface area (TPSA) is 44.8 Å². The van der Waals surface area contributed by atoms with Gasteiger partial charge in [-0.3, -0.25) is 4.90 Å². The highest BCUT2D eigenvalue weighted by molar-refractivity contribution is 5.74. The smallest absolute Gasteiger partial charge is 0.317 e. The Bertz CT molecular complexity index is 653. The van der Waals surface area contributed by atoms with Crippen molar-refractivity contribution in [2.24, 2.45) is 5.41 Å². The first-order chi connectivity index (χ1) is 13.4. The standard InChI is InChI=1S/C23H37N3O2/c1-5-28-20-11-8-13-26(16-20)22(27)24-21(23(2,3)4)17-25-14-12-18-9-6-7-10-19(18)15-25/h6-7,9-10,20-21H,5,8,11-17H2,1-4H3,(H,24,27)/t20-,21-/m0/s1. The summed E-state index contributed by atoms with van der Waals surface area (Å²) in [7, 11) is 0. The molecule has 2 heterocycles. The van der Waals surface area contributed by atoms with E-state index in [4.69, 9.17) is 4.74 Å². The zero-order chi connectivity index (χ0) is 20.1. The van der Waals surface area contributed by atoms with E-state index in [1.54, 1.807) is 0 Å². The number of carbonyl (C=O) groups excluding carboxylic acids is 1. The van der Waals surface area contributed by atoms with Crippen molar-refractivity contribution in [1.29, 1.82) is 0 Å². The molecular formula is C23H37N3O2.